The van der Waals surface area contributed by atoms with Gasteiger partial charge >= 0.3 is 0 Å². The molecule has 1 aliphatic heterocycles. The standard InChI is InChI=1S/C19H18N4O4S/c24-17-9-13(10-23(17)11-15-7-4-8-26-15)18(25)20-19-22-21-16(28-19)12-27-14-5-2-1-3-6-14/h1-8,13H,9-12H2,(H,20,22,25)/t13-/m0/s1. The van der Waals surface area contributed by atoms with Crippen molar-refractivity contribution in [3.63, 3.8) is 0 Å². The predicted octanol–water partition coefficient (Wildman–Crippen LogP) is 2.70. The van der Waals surface area contributed by atoms with Crippen molar-refractivity contribution in [2.24, 2.45) is 5.92 Å². The topological polar surface area (TPSA) is 97.6 Å². The van der Waals surface area contributed by atoms with Gasteiger partial charge in [-0.15, -0.1) is 10.2 Å². The van der Waals surface area contributed by atoms with Crippen molar-refractivity contribution in [2.45, 2.75) is 19.6 Å². The number of hydrogen-bond acceptors (Lipinski definition) is 7. The summed E-state index contributed by atoms with van der Waals surface area (Å²) in [6, 6.07) is 13.0. The number of aromatic nitrogens is 2. The lowest BCUT2D eigenvalue weighted by Crippen LogP contribution is -2.27. The first-order valence-corrected chi connectivity index (χ1v) is 9.60. The van der Waals surface area contributed by atoms with Crippen LogP contribution in [0.4, 0.5) is 5.13 Å². The molecule has 28 heavy (non-hydrogen) atoms. The molecule has 0 aliphatic carbocycles. The van der Waals surface area contributed by atoms with E-state index in [0.717, 1.165) is 5.75 Å². The summed E-state index contributed by atoms with van der Waals surface area (Å²) in [5.41, 5.74) is 0. The highest BCUT2D eigenvalue weighted by molar-refractivity contribution is 7.15. The molecule has 1 N–H and O–H groups in total. The normalized spacial score (nSPS) is 16.4. The Hall–Kier alpha value is -3.20. The molecule has 2 aromatic heterocycles. The second kappa shape index (κ2) is 8.22. The van der Waals surface area contributed by atoms with Gasteiger partial charge in [0.15, 0.2) is 5.01 Å². The molecule has 144 valence electrons. The number of para-hydroxylation sites is 1. The van der Waals surface area contributed by atoms with Crippen LogP contribution in [-0.2, 0) is 22.7 Å². The first-order chi connectivity index (χ1) is 13.7. The minimum atomic E-state index is -0.421. The number of likely N-dealkylation sites (tertiary alicyclic amines) is 1. The van der Waals surface area contributed by atoms with Crippen molar-refractivity contribution < 1.29 is 18.7 Å². The lowest BCUT2D eigenvalue weighted by atomic mass is 10.1. The van der Waals surface area contributed by atoms with E-state index >= 15 is 0 Å². The van der Waals surface area contributed by atoms with E-state index in [1.54, 1.807) is 23.3 Å². The number of amides is 2. The van der Waals surface area contributed by atoms with Gasteiger partial charge < -0.3 is 19.4 Å². The van der Waals surface area contributed by atoms with Crippen molar-refractivity contribution in [2.75, 3.05) is 11.9 Å². The van der Waals surface area contributed by atoms with E-state index in [0.29, 0.717) is 29.0 Å². The number of benzene rings is 1. The van der Waals surface area contributed by atoms with Gasteiger partial charge in [0.25, 0.3) is 0 Å². The van der Waals surface area contributed by atoms with E-state index in [4.69, 9.17) is 9.15 Å². The van der Waals surface area contributed by atoms with Gasteiger partial charge in [0, 0.05) is 13.0 Å². The van der Waals surface area contributed by atoms with Gasteiger partial charge in [-0.3, -0.25) is 9.59 Å². The quantitative estimate of drug-likeness (QED) is 0.657. The first kappa shape index (κ1) is 18.2. The molecule has 1 fully saturated rings. The van der Waals surface area contributed by atoms with E-state index in [-0.39, 0.29) is 24.8 Å². The lowest BCUT2D eigenvalue weighted by Gasteiger charge is -2.14. The highest BCUT2D eigenvalue weighted by Crippen LogP contribution is 2.23. The maximum absolute atomic E-state index is 12.5. The fourth-order valence-corrected chi connectivity index (χ4v) is 3.58. The molecule has 0 unspecified atom stereocenters. The Morgan fingerprint density at radius 3 is 2.89 bits per heavy atom. The number of carbonyl (C=O) groups excluding carboxylic acids is 2. The van der Waals surface area contributed by atoms with Crippen molar-refractivity contribution in [3.05, 3.63) is 59.5 Å². The fourth-order valence-electron chi connectivity index (χ4n) is 2.92. The van der Waals surface area contributed by atoms with Crippen LogP contribution in [0.25, 0.3) is 0 Å². The zero-order chi connectivity index (χ0) is 19.3. The van der Waals surface area contributed by atoms with Crippen molar-refractivity contribution in [1.29, 1.82) is 0 Å². The van der Waals surface area contributed by atoms with Gasteiger partial charge in [-0.2, -0.15) is 0 Å². The Bertz CT molecular complexity index is 942. The van der Waals surface area contributed by atoms with Gasteiger partial charge in [-0.05, 0) is 24.3 Å². The number of ether oxygens (including phenoxy) is 1. The molecule has 1 atom stereocenters. The van der Waals surface area contributed by atoms with Crippen molar-refractivity contribution >= 4 is 28.3 Å². The summed E-state index contributed by atoms with van der Waals surface area (Å²) in [5, 5.41) is 11.8. The van der Waals surface area contributed by atoms with Crippen LogP contribution in [0.5, 0.6) is 5.75 Å². The van der Waals surface area contributed by atoms with Crippen LogP contribution in [0.2, 0.25) is 0 Å². The fraction of sp³-hybridized carbons (Fsp3) is 0.263. The first-order valence-electron chi connectivity index (χ1n) is 8.78. The van der Waals surface area contributed by atoms with Crippen molar-refractivity contribution in [3.8, 4) is 5.75 Å². The molecule has 1 saturated heterocycles. The van der Waals surface area contributed by atoms with Crippen LogP contribution in [-0.4, -0.2) is 33.5 Å². The van der Waals surface area contributed by atoms with E-state index < -0.39 is 5.92 Å². The number of rotatable bonds is 7. The molecule has 3 aromatic rings. The van der Waals surface area contributed by atoms with E-state index in [2.05, 4.69) is 15.5 Å². The summed E-state index contributed by atoms with van der Waals surface area (Å²) in [4.78, 5) is 26.3. The molecule has 8 nitrogen and oxygen atoms in total. The third-order valence-corrected chi connectivity index (χ3v) is 5.13. The van der Waals surface area contributed by atoms with Gasteiger partial charge in [0.05, 0.1) is 18.7 Å². The molecular formula is C19H18N4O4S. The number of furan rings is 1. The van der Waals surface area contributed by atoms with Crippen LogP contribution in [0.1, 0.15) is 17.2 Å². The van der Waals surface area contributed by atoms with Gasteiger partial charge in [-0.1, -0.05) is 29.5 Å². The Morgan fingerprint density at radius 2 is 2.11 bits per heavy atom. The molecular weight excluding hydrogens is 380 g/mol. The highest BCUT2D eigenvalue weighted by Gasteiger charge is 2.35. The smallest absolute Gasteiger partial charge is 0.231 e. The number of carbonyl (C=O) groups is 2. The molecule has 0 radical (unpaired) electrons. The predicted molar refractivity (Wildman–Crippen MR) is 102 cm³/mol. The number of nitrogens with zero attached hydrogens (tertiary/aromatic N) is 3. The average molecular weight is 398 g/mol. The van der Waals surface area contributed by atoms with Crippen LogP contribution in [0.15, 0.2) is 53.1 Å². The summed E-state index contributed by atoms with van der Waals surface area (Å²) >= 11 is 1.25. The maximum Gasteiger partial charge on any atom is 0.231 e. The maximum atomic E-state index is 12.5. The molecule has 4 rings (SSSR count). The van der Waals surface area contributed by atoms with Gasteiger partial charge in [0.1, 0.15) is 18.1 Å². The second-order valence-electron chi connectivity index (χ2n) is 6.35. The van der Waals surface area contributed by atoms with E-state index in [1.165, 1.54) is 11.3 Å². The SMILES string of the molecule is O=C(Nc1nnc(COc2ccccc2)s1)[C@H]1CC(=O)N(Cc2ccco2)C1. The Balaban J connectivity index is 1.29. The molecule has 0 bridgehead atoms. The Labute approximate surface area is 165 Å². The van der Waals surface area contributed by atoms with E-state index in [9.17, 15) is 9.59 Å². The summed E-state index contributed by atoms with van der Waals surface area (Å²) in [6.45, 7) is 1.000. The molecule has 1 aromatic carbocycles. The van der Waals surface area contributed by atoms with Crippen LogP contribution < -0.4 is 10.1 Å². The number of hydrogen-bond donors (Lipinski definition) is 1. The third kappa shape index (κ3) is 4.37. The van der Waals surface area contributed by atoms with Crippen molar-refractivity contribution in [1.82, 2.24) is 15.1 Å². The Kier molecular flexibility index (Phi) is 5.34. The van der Waals surface area contributed by atoms with E-state index in [1.807, 2.05) is 30.3 Å². The Morgan fingerprint density at radius 1 is 1.25 bits per heavy atom. The zero-order valence-electron chi connectivity index (χ0n) is 14.9. The van der Waals surface area contributed by atoms with Crippen LogP contribution >= 0.6 is 11.3 Å². The summed E-state index contributed by atoms with van der Waals surface area (Å²) < 4.78 is 10.9. The molecule has 9 heteroatoms. The summed E-state index contributed by atoms with van der Waals surface area (Å²) in [5.74, 6) is 0.717. The minimum Gasteiger partial charge on any atom is -0.486 e. The molecule has 0 spiro atoms. The summed E-state index contributed by atoms with van der Waals surface area (Å²) in [7, 11) is 0. The van der Waals surface area contributed by atoms with Gasteiger partial charge in [0.2, 0.25) is 16.9 Å². The highest BCUT2D eigenvalue weighted by atomic mass is 32.1. The third-order valence-electron chi connectivity index (χ3n) is 4.31. The average Bonchev–Trinajstić information content (AvgIpc) is 3.44. The molecule has 2 amide bonds. The number of nitrogens with one attached hydrogen (secondary N) is 1. The monoisotopic (exact) mass is 398 g/mol. The number of anilines is 1. The van der Waals surface area contributed by atoms with Crippen LogP contribution in [0.3, 0.4) is 0 Å². The zero-order valence-corrected chi connectivity index (χ0v) is 15.7. The lowest BCUT2D eigenvalue weighted by molar-refractivity contribution is -0.128. The van der Waals surface area contributed by atoms with Gasteiger partial charge in [-0.25, -0.2) is 0 Å². The summed E-state index contributed by atoms with van der Waals surface area (Å²) in [6.07, 6.45) is 1.74. The molecule has 0 saturated carbocycles. The largest absolute Gasteiger partial charge is 0.486 e. The minimum absolute atomic E-state index is 0.0641. The van der Waals surface area contributed by atoms with Crippen LogP contribution in [0, 0.1) is 5.92 Å². The second-order valence-corrected chi connectivity index (χ2v) is 7.41. The molecule has 1 aliphatic rings. The molecule has 3 heterocycles.